The third-order valence-corrected chi connectivity index (χ3v) is 4.94. The Bertz CT molecular complexity index is 920. The standard InChI is InChI=1S/C22H24N6/c23-15-19-8-6-18(7-9-19)14-22-25-16-20(26-22)17-28(21-4-2-1-3-5-21)27-12-10-24-11-13-27/h1-9,16,24H,10-14,17H2,(H,25,26). The molecule has 2 heterocycles. The average Bonchev–Trinajstić information content (AvgIpc) is 3.21. The molecule has 142 valence electrons. The molecule has 0 amide bonds. The van der Waals surface area contributed by atoms with Gasteiger partial charge in [-0.25, -0.2) is 9.99 Å². The SMILES string of the molecule is N#Cc1ccc(Cc2ncc(CN(c3ccccc3)N3CCNCC3)[nH]2)cc1. The van der Waals surface area contributed by atoms with Gasteiger partial charge in [-0.15, -0.1) is 0 Å². The summed E-state index contributed by atoms with van der Waals surface area (Å²) in [5.41, 5.74) is 4.10. The lowest BCUT2D eigenvalue weighted by Gasteiger charge is -2.39. The van der Waals surface area contributed by atoms with E-state index in [4.69, 9.17) is 5.26 Å². The predicted molar refractivity (Wildman–Crippen MR) is 110 cm³/mol. The van der Waals surface area contributed by atoms with Gasteiger partial charge in [0.25, 0.3) is 0 Å². The van der Waals surface area contributed by atoms with E-state index in [2.05, 4.69) is 55.6 Å². The fourth-order valence-corrected chi connectivity index (χ4v) is 3.48. The van der Waals surface area contributed by atoms with Crippen LogP contribution in [0.15, 0.2) is 60.8 Å². The van der Waals surface area contributed by atoms with Crippen molar-refractivity contribution in [1.82, 2.24) is 20.3 Å². The zero-order chi connectivity index (χ0) is 19.2. The van der Waals surface area contributed by atoms with E-state index in [0.717, 1.165) is 56.2 Å². The van der Waals surface area contributed by atoms with Crippen LogP contribution in [0.2, 0.25) is 0 Å². The summed E-state index contributed by atoms with van der Waals surface area (Å²) in [5, 5.41) is 17.1. The van der Waals surface area contributed by atoms with Gasteiger partial charge in [-0.3, -0.25) is 5.01 Å². The molecule has 0 unspecified atom stereocenters. The summed E-state index contributed by atoms with van der Waals surface area (Å²) in [4.78, 5) is 8.04. The first-order chi connectivity index (χ1) is 13.8. The minimum atomic E-state index is 0.679. The maximum Gasteiger partial charge on any atom is 0.110 e. The molecule has 1 aliphatic rings. The summed E-state index contributed by atoms with van der Waals surface area (Å²) < 4.78 is 0. The predicted octanol–water partition coefficient (Wildman–Crippen LogP) is 2.70. The Balaban J connectivity index is 1.48. The Kier molecular flexibility index (Phi) is 5.66. The second-order valence-electron chi connectivity index (χ2n) is 6.94. The Labute approximate surface area is 165 Å². The quantitative estimate of drug-likeness (QED) is 0.696. The van der Waals surface area contributed by atoms with E-state index in [1.54, 1.807) is 0 Å². The van der Waals surface area contributed by atoms with Crippen molar-refractivity contribution in [3.63, 3.8) is 0 Å². The van der Waals surface area contributed by atoms with Crippen molar-refractivity contribution >= 4 is 5.69 Å². The summed E-state index contributed by atoms with van der Waals surface area (Å²) in [6.45, 7) is 4.72. The van der Waals surface area contributed by atoms with Crippen LogP contribution in [-0.2, 0) is 13.0 Å². The minimum absolute atomic E-state index is 0.679. The molecule has 0 atom stereocenters. The van der Waals surface area contributed by atoms with Gasteiger partial charge >= 0.3 is 0 Å². The average molecular weight is 372 g/mol. The number of aromatic nitrogens is 2. The molecule has 2 N–H and O–H groups in total. The van der Waals surface area contributed by atoms with E-state index in [1.807, 2.05) is 36.5 Å². The van der Waals surface area contributed by atoms with Crippen molar-refractivity contribution < 1.29 is 0 Å². The lowest BCUT2D eigenvalue weighted by molar-refractivity contribution is 0.216. The summed E-state index contributed by atoms with van der Waals surface area (Å²) in [7, 11) is 0. The third-order valence-electron chi connectivity index (χ3n) is 4.94. The molecule has 4 rings (SSSR count). The van der Waals surface area contributed by atoms with Gasteiger partial charge in [0.15, 0.2) is 0 Å². The Hall–Kier alpha value is -3.14. The van der Waals surface area contributed by atoms with Gasteiger partial charge in [-0.05, 0) is 29.8 Å². The normalized spacial score (nSPS) is 14.5. The zero-order valence-electron chi connectivity index (χ0n) is 15.8. The van der Waals surface area contributed by atoms with E-state index in [0.29, 0.717) is 5.56 Å². The van der Waals surface area contributed by atoms with Crippen molar-refractivity contribution in [2.24, 2.45) is 0 Å². The highest BCUT2D eigenvalue weighted by molar-refractivity contribution is 5.45. The molecule has 1 aromatic heterocycles. The largest absolute Gasteiger partial charge is 0.344 e. The van der Waals surface area contributed by atoms with Crippen LogP contribution in [-0.4, -0.2) is 41.2 Å². The molecule has 6 heteroatoms. The van der Waals surface area contributed by atoms with Gasteiger partial charge in [0.1, 0.15) is 5.82 Å². The molecule has 0 bridgehead atoms. The fourth-order valence-electron chi connectivity index (χ4n) is 3.48. The van der Waals surface area contributed by atoms with Gasteiger partial charge < -0.3 is 10.3 Å². The minimum Gasteiger partial charge on any atom is -0.344 e. The number of imidazole rings is 1. The molecule has 0 saturated carbocycles. The lowest BCUT2D eigenvalue weighted by Crippen LogP contribution is -2.52. The maximum absolute atomic E-state index is 8.93. The molecule has 1 saturated heterocycles. The van der Waals surface area contributed by atoms with E-state index in [1.165, 1.54) is 5.69 Å². The molecule has 6 nitrogen and oxygen atoms in total. The number of nitrogens with zero attached hydrogens (tertiary/aromatic N) is 4. The number of piperazine rings is 1. The Morgan fingerprint density at radius 2 is 1.79 bits per heavy atom. The van der Waals surface area contributed by atoms with E-state index >= 15 is 0 Å². The zero-order valence-corrected chi connectivity index (χ0v) is 15.8. The van der Waals surface area contributed by atoms with E-state index < -0.39 is 0 Å². The molecule has 0 radical (unpaired) electrons. The molecule has 3 aromatic rings. The summed E-state index contributed by atoms with van der Waals surface area (Å²) in [5.74, 6) is 0.938. The molecule has 0 aliphatic carbocycles. The van der Waals surface area contributed by atoms with Crippen molar-refractivity contribution in [3.05, 3.63) is 83.4 Å². The molecular formula is C22H24N6. The second-order valence-corrected chi connectivity index (χ2v) is 6.94. The van der Waals surface area contributed by atoms with Crippen LogP contribution in [0.3, 0.4) is 0 Å². The first-order valence-electron chi connectivity index (χ1n) is 9.62. The van der Waals surface area contributed by atoms with Crippen molar-refractivity contribution in [2.75, 3.05) is 31.2 Å². The van der Waals surface area contributed by atoms with Crippen LogP contribution in [0.4, 0.5) is 5.69 Å². The number of para-hydroxylation sites is 1. The second kappa shape index (κ2) is 8.70. The van der Waals surface area contributed by atoms with Crippen molar-refractivity contribution in [1.29, 1.82) is 5.26 Å². The van der Waals surface area contributed by atoms with Crippen LogP contribution in [0.5, 0.6) is 0 Å². The van der Waals surface area contributed by atoms with Crippen LogP contribution >= 0.6 is 0 Å². The Morgan fingerprint density at radius 1 is 1.04 bits per heavy atom. The van der Waals surface area contributed by atoms with E-state index in [9.17, 15) is 0 Å². The number of anilines is 1. The van der Waals surface area contributed by atoms with E-state index in [-0.39, 0.29) is 0 Å². The smallest absolute Gasteiger partial charge is 0.110 e. The molecule has 0 spiro atoms. The topological polar surface area (TPSA) is 71.0 Å². The number of hydrogen-bond acceptors (Lipinski definition) is 5. The van der Waals surface area contributed by atoms with Crippen LogP contribution in [0.1, 0.15) is 22.6 Å². The van der Waals surface area contributed by atoms with Crippen LogP contribution < -0.4 is 10.3 Å². The number of hydrogen-bond donors (Lipinski definition) is 2. The highest BCUT2D eigenvalue weighted by Gasteiger charge is 2.19. The number of H-pyrrole nitrogens is 1. The maximum atomic E-state index is 8.93. The number of rotatable bonds is 6. The number of hydrazine groups is 1. The summed E-state index contributed by atoms with van der Waals surface area (Å²) >= 11 is 0. The van der Waals surface area contributed by atoms with Crippen LogP contribution in [0.25, 0.3) is 0 Å². The summed E-state index contributed by atoms with van der Waals surface area (Å²) in [6, 6.07) is 20.3. The van der Waals surface area contributed by atoms with Gasteiger partial charge in [0, 0.05) is 32.6 Å². The highest BCUT2D eigenvalue weighted by Crippen LogP contribution is 2.19. The molecule has 1 fully saturated rings. The first-order valence-corrected chi connectivity index (χ1v) is 9.62. The van der Waals surface area contributed by atoms with Gasteiger partial charge in [0.2, 0.25) is 0 Å². The number of benzene rings is 2. The Morgan fingerprint density at radius 3 is 2.50 bits per heavy atom. The van der Waals surface area contributed by atoms with Crippen LogP contribution in [0, 0.1) is 11.3 Å². The first kappa shape index (κ1) is 18.2. The number of nitriles is 1. The third kappa shape index (κ3) is 4.39. The lowest BCUT2D eigenvalue weighted by atomic mass is 10.1. The van der Waals surface area contributed by atoms with Crippen molar-refractivity contribution in [2.45, 2.75) is 13.0 Å². The molecular weight excluding hydrogens is 348 g/mol. The number of aromatic amines is 1. The molecule has 1 aliphatic heterocycles. The fraction of sp³-hybridized carbons (Fsp3) is 0.273. The number of nitrogens with one attached hydrogen (secondary N) is 2. The van der Waals surface area contributed by atoms with Crippen molar-refractivity contribution in [3.8, 4) is 6.07 Å². The molecule has 28 heavy (non-hydrogen) atoms. The van der Waals surface area contributed by atoms with Gasteiger partial charge in [-0.1, -0.05) is 30.3 Å². The summed E-state index contributed by atoms with van der Waals surface area (Å²) in [6.07, 6.45) is 2.65. The highest BCUT2D eigenvalue weighted by atomic mass is 15.6. The van der Waals surface area contributed by atoms with Gasteiger partial charge in [0.05, 0.1) is 35.8 Å². The molecule has 2 aromatic carbocycles. The van der Waals surface area contributed by atoms with Gasteiger partial charge in [-0.2, -0.15) is 5.26 Å². The monoisotopic (exact) mass is 372 g/mol.